The Balaban J connectivity index is 1.41. The minimum atomic E-state index is -4.29. The van der Waals surface area contributed by atoms with Crippen molar-refractivity contribution >= 4 is 49.3 Å². The van der Waals surface area contributed by atoms with E-state index >= 15 is 0 Å². The minimum absolute atomic E-state index is 0.0954. The first-order chi connectivity index (χ1) is 19.2. The highest BCUT2D eigenvalue weighted by atomic mass is 32.2. The van der Waals surface area contributed by atoms with Crippen molar-refractivity contribution in [1.29, 1.82) is 0 Å². The predicted molar refractivity (Wildman–Crippen MR) is 155 cm³/mol. The summed E-state index contributed by atoms with van der Waals surface area (Å²) in [5, 5.41) is 0.783. The van der Waals surface area contributed by atoms with Crippen molar-refractivity contribution in [2.24, 2.45) is 0 Å². The van der Waals surface area contributed by atoms with Gasteiger partial charge in [-0.1, -0.05) is 61.5 Å². The summed E-state index contributed by atoms with van der Waals surface area (Å²) in [5.74, 6) is 0.336. The molecule has 204 valence electrons. The normalized spacial score (nSPS) is 11.5. The van der Waals surface area contributed by atoms with Crippen LogP contribution in [0.25, 0.3) is 21.6 Å². The van der Waals surface area contributed by atoms with Crippen LogP contribution in [-0.2, 0) is 27.7 Å². The second kappa shape index (κ2) is 11.0. The summed E-state index contributed by atoms with van der Waals surface area (Å²) in [5.41, 5.74) is 4.62. The molecule has 40 heavy (non-hydrogen) atoms. The Kier molecular flexibility index (Phi) is 7.51. The van der Waals surface area contributed by atoms with Crippen LogP contribution in [0.3, 0.4) is 0 Å². The van der Waals surface area contributed by atoms with E-state index in [0.29, 0.717) is 29.2 Å². The molecule has 3 heterocycles. The molecule has 0 saturated heterocycles. The standard InChI is InChI=1S/C29H26N4O5S2/c1-4-24-31-25-18(2)16-23(28(34)38-3)30-27(25)33(24)17-19-10-12-20(13-11-19)26-22(14-15-39-26)32-40(36,37)29(35)21-8-6-5-7-9-21/h5-16,32H,4,17H2,1-3H3. The maximum absolute atomic E-state index is 12.8. The maximum Gasteiger partial charge on any atom is 0.356 e. The molecule has 0 aliphatic rings. The average molecular weight is 575 g/mol. The first-order valence-electron chi connectivity index (χ1n) is 12.5. The molecule has 5 rings (SSSR count). The molecular weight excluding hydrogens is 548 g/mol. The van der Waals surface area contributed by atoms with Gasteiger partial charge < -0.3 is 9.30 Å². The molecule has 0 aliphatic carbocycles. The number of methoxy groups -OCH3 is 1. The summed E-state index contributed by atoms with van der Waals surface area (Å²) >= 11 is 1.37. The molecule has 1 N–H and O–H groups in total. The van der Waals surface area contributed by atoms with Gasteiger partial charge in [0.25, 0.3) is 5.12 Å². The van der Waals surface area contributed by atoms with Gasteiger partial charge in [0, 0.05) is 12.0 Å². The van der Waals surface area contributed by atoms with Crippen molar-refractivity contribution < 1.29 is 22.7 Å². The minimum Gasteiger partial charge on any atom is -0.464 e. The molecule has 0 atom stereocenters. The van der Waals surface area contributed by atoms with Crippen LogP contribution in [0.5, 0.6) is 0 Å². The number of carbonyl (C=O) groups excluding carboxylic acids is 2. The van der Waals surface area contributed by atoms with Gasteiger partial charge in [0.1, 0.15) is 11.3 Å². The number of rotatable bonds is 8. The van der Waals surface area contributed by atoms with Gasteiger partial charge in [0.2, 0.25) is 0 Å². The van der Waals surface area contributed by atoms with Crippen molar-refractivity contribution in [1.82, 2.24) is 14.5 Å². The zero-order valence-corrected chi connectivity index (χ0v) is 23.7. The van der Waals surface area contributed by atoms with Gasteiger partial charge in [0.15, 0.2) is 11.3 Å². The zero-order valence-electron chi connectivity index (χ0n) is 22.0. The number of anilines is 1. The Hall–Kier alpha value is -4.35. The van der Waals surface area contributed by atoms with Crippen LogP contribution in [-0.4, -0.2) is 41.1 Å². The van der Waals surface area contributed by atoms with E-state index in [1.54, 1.807) is 35.7 Å². The van der Waals surface area contributed by atoms with E-state index in [4.69, 9.17) is 9.72 Å². The first-order valence-corrected chi connectivity index (χ1v) is 14.8. The third-order valence-electron chi connectivity index (χ3n) is 6.40. The number of aryl methyl sites for hydroxylation is 2. The number of nitrogens with zero attached hydrogens (tertiary/aromatic N) is 3. The molecule has 11 heteroatoms. The highest BCUT2D eigenvalue weighted by Crippen LogP contribution is 2.35. The summed E-state index contributed by atoms with van der Waals surface area (Å²) in [6.07, 6.45) is 0.682. The van der Waals surface area contributed by atoms with Gasteiger partial charge in [0.05, 0.1) is 24.2 Å². The molecule has 0 fully saturated rings. The lowest BCUT2D eigenvalue weighted by Gasteiger charge is -2.11. The van der Waals surface area contributed by atoms with Gasteiger partial charge in [-0.15, -0.1) is 11.3 Å². The molecule has 0 spiro atoms. The van der Waals surface area contributed by atoms with Crippen LogP contribution in [0, 0.1) is 6.92 Å². The number of benzene rings is 2. The summed E-state index contributed by atoms with van der Waals surface area (Å²) in [7, 11) is -2.96. The summed E-state index contributed by atoms with van der Waals surface area (Å²) in [6.45, 7) is 4.38. The third kappa shape index (κ3) is 5.25. The van der Waals surface area contributed by atoms with E-state index < -0.39 is 21.1 Å². The Bertz CT molecular complexity index is 1830. The van der Waals surface area contributed by atoms with Crippen molar-refractivity contribution in [3.63, 3.8) is 0 Å². The highest BCUT2D eigenvalue weighted by Gasteiger charge is 2.25. The van der Waals surface area contributed by atoms with Crippen LogP contribution >= 0.6 is 11.3 Å². The molecule has 0 radical (unpaired) electrons. The van der Waals surface area contributed by atoms with Crippen molar-refractivity contribution in [2.45, 2.75) is 26.8 Å². The third-order valence-corrected chi connectivity index (χ3v) is 8.58. The number of ether oxygens (including phenoxy) is 1. The van der Waals surface area contributed by atoms with Crippen molar-refractivity contribution in [3.8, 4) is 10.4 Å². The van der Waals surface area contributed by atoms with E-state index in [0.717, 1.165) is 28.0 Å². The maximum atomic E-state index is 12.8. The van der Waals surface area contributed by atoms with Crippen LogP contribution < -0.4 is 4.72 Å². The Morgan fingerprint density at radius 1 is 1.02 bits per heavy atom. The molecule has 2 aromatic carbocycles. The highest BCUT2D eigenvalue weighted by molar-refractivity contribution is 8.07. The molecule has 0 saturated carbocycles. The number of pyridine rings is 1. The number of thiophene rings is 1. The van der Waals surface area contributed by atoms with E-state index in [1.807, 2.05) is 42.7 Å². The molecule has 0 bridgehead atoms. The smallest absolute Gasteiger partial charge is 0.356 e. The second-order valence-electron chi connectivity index (χ2n) is 9.08. The molecule has 0 amide bonds. The topological polar surface area (TPSA) is 120 Å². The Morgan fingerprint density at radius 3 is 2.42 bits per heavy atom. The number of carbonyl (C=O) groups is 2. The van der Waals surface area contributed by atoms with Gasteiger partial charge in [-0.2, -0.15) is 8.42 Å². The monoisotopic (exact) mass is 574 g/mol. The first kappa shape index (κ1) is 27.2. The number of hydrogen-bond acceptors (Lipinski definition) is 8. The van der Waals surface area contributed by atoms with Crippen LogP contribution in [0.2, 0.25) is 0 Å². The molecule has 9 nitrogen and oxygen atoms in total. The summed E-state index contributed by atoms with van der Waals surface area (Å²) in [4.78, 5) is 34.7. The lowest BCUT2D eigenvalue weighted by Crippen LogP contribution is -2.23. The molecule has 3 aromatic heterocycles. The van der Waals surface area contributed by atoms with E-state index in [9.17, 15) is 18.0 Å². The van der Waals surface area contributed by atoms with Crippen molar-refractivity contribution in [2.75, 3.05) is 11.8 Å². The number of aromatic nitrogens is 3. The van der Waals surface area contributed by atoms with Crippen LogP contribution in [0.15, 0.2) is 72.1 Å². The SMILES string of the molecule is CCc1nc2c(C)cc(C(=O)OC)nc2n1Cc1ccc(-c2sccc2NS(=O)(=O)C(=O)c2ccccc2)cc1. The number of nitrogens with one attached hydrogen (secondary N) is 1. The fraction of sp³-hybridized carbons (Fsp3) is 0.172. The number of hydrogen-bond donors (Lipinski definition) is 1. The largest absolute Gasteiger partial charge is 0.464 e. The molecule has 5 aromatic rings. The van der Waals surface area contributed by atoms with Gasteiger partial charge in [-0.05, 0) is 41.1 Å². The van der Waals surface area contributed by atoms with Crippen LogP contribution in [0.4, 0.5) is 5.69 Å². The number of imidazole rings is 1. The molecular formula is C29H26N4O5S2. The van der Waals surface area contributed by atoms with Gasteiger partial charge in [-0.3, -0.25) is 9.52 Å². The quantitative estimate of drug-likeness (QED) is 0.245. The molecule has 0 unspecified atom stereocenters. The lowest BCUT2D eigenvalue weighted by atomic mass is 10.1. The zero-order chi connectivity index (χ0) is 28.4. The Morgan fingerprint density at radius 2 is 1.75 bits per heavy atom. The van der Waals surface area contributed by atoms with Gasteiger partial charge >= 0.3 is 16.0 Å². The fourth-order valence-electron chi connectivity index (χ4n) is 4.41. The number of esters is 1. The number of sulfonamides is 1. The van der Waals surface area contributed by atoms with Gasteiger partial charge in [-0.25, -0.2) is 14.8 Å². The van der Waals surface area contributed by atoms with E-state index in [-0.39, 0.29) is 11.3 Å². The van der Waals surface area contributed by atoms with E-state index in [2.05, 4.69) is 9.71 Å². The predicted octanol–water partition coefficient (Wildman–Crippen LogP) is 5.45. The fourth-order valence-corrected chi connectivity index (χ4v) is 6.33. The number of fused-ring (bicyclic) bond motifs is 1. The molecule has 0 aliphatic heterocycles. The average Bonchev–Trinajstić information content (AvgIpc) is 3.57. The van der Waals surface area contributed by atoms with E-state index in [1.165, 1.54) is 30.6 Å². The Labute approximate surface area is 235 Å². The summed E-state index contributed by atoms with van der Waals surface area (Å²) < 4.78 is 34.9. The lowest BCUT2D eigenvalue weighted by molar-refractivity contribution is 0.0594. The summed E-state index contributed by atoms with van der Waals surface area (Å²) in [6, 6.07) is 18.9. The van der Waals surface area contributed by atoms with Crippen LogP contribution in [0.1, 0.15) is 44.7 Å². The second-order valence-corrected chi connectivity index (χ2v) is 11.6. The van der Waals surface area contributed by atoms with Crippen molar-refractivity contribution in [3.05, 3.63) is 100 Å².